The fourth-order valence-electron chi connectivity index (χ4n) is 2.69. The number of nitrogens with zero attached hydrogens (tertiary/aromatic N) is 1. The number of thioether (sulfide) groups is 1. The van der Waals surface area contributed by atoms with Crippen molar-refractivity contribution >= 4 is 28.8 Å². The maximum atomic E-state index is 12.0. The van der Waals surface area contributed by atoms with E-state index >= 15 is 0 Å². The molecule has 6 nitrogen and oxygen atoms in total. The van der Waals surface area contributed by atoms with Gasteiger partial charge in [0.1, 0.15) is 0 Å². The molecule has 0 saturated heterocycles. The lowest BCUT2D eigenvalue weighted by atomic mass is 10.1. The average Bonchev–Trinajstić information content (AvgIpc) is 2.97. The predicted molar refractivity (Wildman–Crippen MR) is 98.8 cm³/mol. The molecule has 27 heavy (non-hydrogen) atoms. The van der Waals surface area contributed by atoms with E-state index in [9.17, 15) is 4.79 Å². The summed E-state index contributed by atoms with van der Waals surface area (Å²) in [5.41, 5.74) is 3.45. The zero-order valence-electron chi connectivity index (χ0n) is 14.8. The first-order chi connectivity index (χ1) is 12.9. The number of likely N-dealkylation sites (N-methyl/N-ethyl adjacent to an activating group) is 1. The molecule has 142 valence electrons. The predicted octanol–water partition coefficient (Wildman–Crippen LogP) is 0.275. The van der Waals surface area contributed by atoms with Crippen LogP contribution in [0.2, 0.25) is 0 Å². The molecule has 0 fully saturated rings. The van der Waals surface area contributed by atoms with Crippen molar-refractivity contribution in [3.63, 3.8) is 0 Å². The Hall–Kier alpha value is -2.64. The van der Waals surface area contributed by atoms with Gasteiger partial charge in [0.2, 0.25) is 5.12 Å². The van der Waals surface area contributed by atoms with Gasteiger partial charge >= 0.3 is 0 Å². The molecule has 0 bridgehead atoms. The van der Waals surface area contributed by atoms with Crippen molar-refractivity contribution in [3.8, 4) is 0 Å². The van der Waals surface area contributed by atoms with E-state index in [4.69, 9.17) is 19.8 Å². The van der Waals surface area contributed by atoms with Crippen LogP contribution in [-0.4, -0.2) is 42.1 Å². The Labute approximate surface area is 161 Å². The van der Waals surface area contributed by atoms with Crippen LogP contribution in [0.15, 0.2) is 54.6 Å². The fourth-order valence-corrected chi connectivity index (χ4v) is 3.93. The summed E-state index contributed by atoms with van der Waals surface area (Å²) in [5, 5.41) is 18.3. The zero-order valence-corrected chi connectivity index (χ0v) is 15.6. The number of carboxylic acids is 2. The standard InChI is InChI=1S/C18H19NOS.C2H2O4/c1-19(12-11-14-7-3-2-4-8-14)13-17-15-9-5-6-10-16(15)18(20)21-17;3-1(4)2(5)6/h2-10,17H,11-13H2,1H3;(H,3,4)(H,5,6)/p-2. The van der Waals surface area contributed by atoms with Crippen molar-refractivity contribution in [2.45, 2.75) is 11.7 Å². The van der Waals surface area contributed by atoms with E-state index < -0.39 is 11.9 Å². The van der Waals surface area contributed by atoms with Gasteiger partial charge in [0.25, 0.3) is 0 Å². The Bertz CT molecular complexity index is 797. The highest BCUT2D eigenvalue weighted by molar-refractivity contribution is 8.14. The van der Waals surface area contributed by atoms with Gasteiger partial charge in [-0.3, -0.25) is 4.79 Å². The molecule has 1 heterocycles. The number of benzene rings is 2. The lowest BCUT2D eigenvalue weighted by Gasteiger charge is -2.20. The minimum Gasteiger partial charge on any atom is -0.543 e. The van der Waals surface area contributed by atoms with Crippen LogP contribution in [0.5, 0.6) is 0 Å². The summed E-state index contributed by atoms with van der Waals surface area (Å²) in [7, 11) is 2.13. The second-order valence-electron chi connectivity index (χ2n) is 6.05. The molecule has 7 heteroatoms. The Morgan fingerprint density at radius 2 is 1.59 bits per heavy atom. The SMILES string of the molecule is CN(CCc1ccccc1)CC1SC(=O)c2ccccc21.O=C([O-])C(=O)[O-]. The summed E-state index contributed by atoms with van der Waals surface area (Å²) in [5.74, 6) is -4.37. The normalized spacial score (nSPS) is 15.0. The Balaban J connectivity index is 0.000000380. The quantitative estimate of drug-likeness (QED) is 0.681. The third-order valence-electron chi connectivity index (χ3n) is 4.05. The van der Waals surface area contributed by atoms with Crippen LogP contribution in [0, 0.1) is 0 Å². The third-order valence-corrected chi connectivity index (χ3v) is 5.17. The molecule has 0 N–H and O–H groups in total. The lowest BCUT2D eigenvalue weighted by Crippen LogP contribution is -2.42. The van der Waals surface area contributed by atoms with Gasteiger partial charge in [-0.05, 0) is 24.6 Å². The first kappa shape index (κ1) is 20.7. The number of rotatable bonds is 5. The van der Waals surface area contributed by atoms with E-state index in [1.165, 1.54) is 22.9 Å². The number of carbonyl (C=O) groups excluding carboxylic acids is 3. The molecule has 0 aromatic heterocycles. The molecule has 3 rings (SSSR count). The Morgan fingerprint density at radius 3 is 2.22 bits per heavy atom. The maximum Gasteiger partial charge on any atom is 0.220 e. The summed E-state index contributed by atoms with van der Waals surface area (Å²) in [6.45, 7) is 1.93. The number of fused-ring (bicyclic) bond motifs is 1. The van der Waals surface area contributed by atoms with E-state index in [1.54, 1.807) is 0 Å². The fraction of sp³-hybridized carbons (Fsp3) is 0.250. The second kappa shape index (κ2) is 9.89. The molecule has 0 spiro atoms. The van der Waals surface area contributed by atoms with Crippen LogP contribution >= 0.6 is 11.8 Å². The molecule has 2 aromatic rings. The summed E-state index contributed by atoms with van der Waals surface area (Å²) < 4.78 is 0. The summed E-state index contributed by atoms with van der Waals surface area (Å²) in [6, 6.07) is 18.5. The summed E-state index contributed by atoms with van der Waals surface area (Å²) in [6.07, 6.45) is 1.05. The molecule has 1 atom stereocenters. The number of carbonyl (C=O) groups is 3. The smallest absolute Gasteiger partial charge is 0.220 e. The highest BCUT2D eigenvalue weighted by Crippen LogP contribution is 2.41. The van der Waals surface area contributed by atoms with E-state index in [0.717, 1.165) is 25.1 Å². The highest BCUT2D eigenvalue weighted by Gasteiger charge is 2.30. The molecule has 1 aliphatic rings. The van der Waals surface area contributed by atoms with E-state index in [-0.39, 0.29) is 10.4 Å². The van der Waals surface area contributed by atoms with Crippen molar-refractivity contribution in [1.29, 1.82) is 0 Å². The number of aliphatic carboxylic acids is 2. The minimum atomic E-state index is -2.19. The van der Waals surface area contributed by atoms with Crippen molar-refractivity contribution in [2.75, 3.05) is 20.1 Å². The second-order valence-corrected chi connectivity index (χ2v) is 7.23. The van der Waals surface area contributed by atoms with Crippen LogP contribution in [0.4, 0.5) is 0 Å². The van der Waals surface area contributed by atoms with Crippen molar-refractivity contribution < 1.29 is 24.6 Å². The number of hydrogen-bond donors (Lipinski definition) is 0. The molecule has 0 saturated carbocycles. The van der Waals surface area contributed by atoms with Crippen molar-refractivity contribution in [3.05, 3.63) is 71.3 Å². The Kier molecular flexibility index (Phi) is 7.57. The molecule has 0 amide bonds. The van der Waals surface area contributed by atoms with Gasteiger partial charge in [-0.15, -0.1) is 0 Å². The Morgan fingerprint density at radius 1 is 1.00 bits per heavy atom. The van der Waals surface area contributed by atoms with Crippen LogP contribution in [-0.2, 0) is 16.0 Å². The molecular weight excluding hydrogens is 366 g/mol. The van der Waals surface area contributed by atoms with Crippen molar-refractivity contribution in [2.24, 2.45) is 0 Å². The molecule has 2 aromatic carbocycles. The molecule has 1 unspecified atom stereocenters. The first-order valence-corrected chi connectivity index (χ1v) is 9.21. The lowest BCUT2D eigenvalue weighted by molar-refractivity contribution is -0.345. The molecule has 0 aliphatic carbocycles. The summed E-state index contributed by atoms with van der Waals surface area (Å²) >= 11 is 1.46. The zero-order chi connectivity index (χ0) is 19.8. The monoisotopic (exact) mass is 385 g/mol. The molecule has 1 aliphatic heterocycles. The maximum absolute atomic E-state index is 12.0. The average molecular weight is 385 g/mol. The van der Waals surface area contributed by atoms with E-state index in [0.29, 0.717) is 0 Å². The van der Waals surface area contributed by atoms with Gasteiger partial charge in [-0.2, -0.15) is 0 Å². The minimum absolute atomic E-state index is 0.215. The molecular formula is C20H19NO5S-2. The van der Waals surface area contributed by atoms with Gasteiger partial charge in [0.15, 0.2) is 0 Å². The highest BCUT2D eigenvalue weighted by atomic mass is 32.2. The van der Waals surface area contributed by atoms with Gasteiger partial charge < -0.3 is 24.7 Å². The van der Waals surface area contributed by atoms with Crippen molar-refractivity contribution in [1.82, 2.24) is 4.90 Å². The van der Waals surface area contributed by atoms with E-state index in [2.05, 4.69) is 42.3 Å². The summed E-state index contributed by atoms with van der Waals surface area (Å²) in [4.78, 5) is 32.2. The van der Waals surface area contributed by atoms with Crippen LogP contribution in [0.25, 0.3) is 0 Å². The van der Waals surface area contributed by atoms with Gasteiger partial charge in [-0.1, -0.05) is 66.4 Å². The third kappa shape index (κ3) is 6.23. The van der Waals surface area contributed by atoms with Gasteiger partial charge in [-0.25, -0.2) is 0 Å². The van der Waals surface area contributed by atoms with Crippen LogP contribution in [0.1, 0.15) is 26.7 Å². The van der Waals surface area contributed by atoms with Gasteiger partial charge in [0.05, 0.1) is 17.2 Å². The van der Waals surface area contributed by atoms with Gasteiger partial charge in [0, 0.05) is 18.7 Å². The van der Waals surface area contributed by atoms with Crippen LogP contribution < -0.4 is 10.2 Å². The number of carboxylic acid groups (broad SMARTS) is 2. The van der Waals surface area contributed by atoms with E-state index in [1.807, 2.05) is 24.3 Å². The first-order valence-electron chi connectivity index (χ1n) is 8.33. The van der Waals surface area contributed by atoms with Crippen LogP contribution in [0.3, 0.4) is 0 Å². The number of hydrogen-bond acceptors (Lipinski definition) is 7. The topological polar surface area (TPSA) is 101 Å². The largest absolute Gasteiger partial charge is 0.543 e. The molecule has 0 radical (unpaired) electrons.